The minimum absolute atomic E-state index is 0.0657. The first-order valence-electron chi connectivity index (χ1n) is 5.21. The van der Waals surface area contributed by atoms with Crippen LogP contribution in [0.2, 0.25) is 0 Å². The highest BCUT2D eigenvalue weighted by atomic mass is 16.3. The van der Waals surface area contributed by atoms with Gasteiger partial charge in [0.05, 0.1) is 6.61 Å². The molecule has 3 nitrogen and oxygen atoms in total. The Morgan fingerprint density at radius 1 is 1.53 bits per heavy atom. The molecule has 1 saturated carbocycles. The number of aliphatic hydroxyl groups is 1. The summed E-state index contributed by atoms with van der Waals surface area (Å²) in [6.07, 6.45) is 0.103. The summed E-state index contributed by atoms with van der Waals surface area (Å²) in [6.45, 7) is 9.12. The van der Waals surface area contributed by atoms with Gasteiger partial charge in [0.2, 0.25) is 0 Å². The van der Waals surface area contributed by atoms with Crippen molar-refractivity contribution in [2.45, 2.75) is 27.2 Å². The smallest absolute Gasteiger partial charge is 0.160 e. The van der Waals surface area contributed by atoms with E-state index in [9.17, 15) is 9.59 Å². The fraction of sp³-hybridized carbons (Fsp3) is 0.667. The Labute approximate surface area is 90.2 Å². The maximum Gasteiger partial charge on any atom is 0.160 e. The first-order chi connectivity index (χ1) is 6.84. The van der Waals surface area contributed by atoms with Gasteiger partial charge in [-0.3, -0.25) is 9.59 Å². The number of hydrogen-bond acceptors (Lipinski definition) is 3. The van der Waals surface area contributed by atoms with Gasteiger partial charge in [0.15, 0.2) is 5.78 Å². The number of ketones is 2. The Morgan fingerprint density at radius 3 is 2.47 bits per heavy atom. The van der Waals surface area contributed by atoms with Gasteiger partial charge in [-0.1, -0.05) is 27.4 Å². The van der Waals surface area contributed by atoms with Gasteiger partial charge in [-0.15, -0.1) is 0 Å². The molecule has 0 amide bonds. The molecule has 1 aliphatic rings. The molecule has 3 heteroatoms. The van der Waals surface area contributed by atoms with Crippen LogP contribution in [-0.2, 0) is 9.59 Å². The fourth-order valence-electron chi connectivity index (χ4n) is 2.59. The van der Waals surface area contributed by atoms with Crippen LogP contribution < -0.4 is 0 Å². The zero-order chi connectivity index (χ0) is 11.8. The van der Waals surface area contributed by atoms with E-state index in [-0.39, 0.29) is 36.4 Å². The standard InChI is InChI=1S/C12H18O3/c1-7(9(14)5-6-13)10-8(2)11(15)12(10,3)4/h8,10,13H,1,5-6H2,2-4H3. The molecule has 2 atom stereocenters. The van der Waals surface area contributed by atoms with Gasteiger partial charge in [-0.2, -0.15) is 0 Å². The van der Waals surface area contributed by atoms with Crippen LogP contribution in [0.3, 0.4) is 0 Å². The highest BCUT2D eigenvalue weighted by Gasteiger charge is 2.55. The zero-order valence-electron chi connectivity index (χ0n) is 9.54. The van der Waals surface area contributed by atoms with Gasteiger partial charge in [-0.05, 0) is 5.57 Å². The van der Waals surface area contributed by atoms with Crippen molar-refractivity contribution >= 4 is 11.6 Å². The molecule has 0 aromatic carbocycles. The lowest BCUT2D eigenvalue weighted by Gasteiger charge is -2.48. The maximum absolute atomic E-state index is 11.6. The molecule has 0 radical (unpaired) electrons. The van der Waals surface area contributed by atoms with Crippen LogP contribution in [-0.4, -0.2) is 23.3 Å². The van der Waals surface area contributed by atoms with E-state index in [1.807, 2.05) is 20.8 Å². The number of Topliss-reactive ketones (excluding diaryl/α,β-unsaturated/α-hetero) is 2. The number of allylic oxidation sites excluding steroid dienone is 1. The fourth-order valence-corrected chi connectivity index (χ4v) is 2.59. The van der Waals surface area contributed by atoms with E-state index in [1.54, 1.807) is 0 Å². The van der Waals surface area contributed by atoms with Crippen LogP contribution >= 0.6 is 0 Å². The monoisotopic (exact) mass is 210 g/mol. The van der Waals surface area contributed by atoms with Crippen LogP contribution in [0.1, 0.15) is 27.2 Å². The number of carbonyl (C=O) groups is 2. The molecule has 84 valence electrons. The molecular weight excluding hydrogens is 192 g/mol. The van der Waals surface area contributed by atoms with E-state index in [4.69, 9.17) is 5.11 Å². The molecule has 1 fully saturated rings. The Hall–Kier alpha value is -0.960. The topological polar surface area (TPSA) is 54.4 Å². The number of carbonyl (C=O) groups excluding carboxylic acids is 2. The second-order valence-corrected chi connectivity index (χ2v) is 4.77. The summed E-state index contributed by atoms with van der Waals surface area (Å²) in [5.74, 6) is -0.125. The van der Waals surface area contributed by atoms with Gasteiger partial charge < -0.3 is 5.11 Å². The van der Waals surface area contributed by atoms with Crippen LogP contribution in [0.15, 0.2) is 12.2 Å². The van der Waals surface area contributed by atoms with Crippen molar-refractivity contribution in [1.29, 1.82) is 0 Å². The van der Waals surface area contributed by atoms with Crippen molar-refractivity contribution in [3.63, 3.8) is 0 Å². The second-order valence-electron chi connectivity index (χ2n) is 4.77. The quantitative estimate of drug-likeness (QED) is 0.713. The van der Waals surface area contributed by atoms with E-state index >= 15 is 0 Å². The van der Waals surface area contributed by atoms with Crippen molar-refractivity contribution in [3.8, 4) is 0 Å². The van der Waals surface area contributed by atoms with E-state index in [0.29, 0.717) is 5.57 Å². The Balaban J connectivity index is 2.78. The minimum atomic E-state index is -0.471. The average molecular weight is 210 g/mol. The first-order valence-corrected chi connectivity index (χ1v) is 5.21. The highest BCUT2D eigenvalue weighted by molar-refractivity contribution is 6.02. The molecule has 0 aromatic rings. The highest BCUT2D eigenvalue weighted by Crippen LogP contribution is 2.50. The molecule has 0 aromatic heterocycles. The Kier molecular flexibility index (Phi) is 3.14. The second kappa shape index (κ2) is 3.89. The number of rotatable bonds is 4. The van der Waals surface area contributed by atoms with Gasteiger partial charge in [-0.25, -0.2) is 0 Å². The van der Waals surface area contributed by atoms with Crippen LogP contribution in [0.25, 0.3) is 0 Å². The molecular formula is C12H18O3. The van der Waals surface area contributed by atoms with Crippen molar-refractivity contribution in [1.82, 2.24) is 0 Å². The summed E-state index contributed by atoms with van der Waals surface area (Å²) in [5, 5.41) is 8.68. The molecule has 1 aliphatic carbocycles. The van der Waals surface area contributed by atoms with E-state index in [0.717, 1.165) is 0 Å². The van der Waals surface area contributed by atoms with Crippen molar-refractivity contribution in [3.05, 3.63) is 12.2 Å². The molecule has 1 rings (SSSR count). The van der Waals surface area contributed by atoms with Gasteiger partial charge in [0, 0.05) is 23.7 Å². The van der Waals surface area contributed by atoms with Crippen LogP contribution in [0.4, 0.5) is 0 Å². The molecule has 0 saturated heterocycles. The molecule has 0 bridgehead atoms. The third kappa shape index (κ3) is 1.76. The van der Waals surface area contributed by atoms with E-state index in [2.05, 4.69) is 6.58 Å². The normalized spacial score (nSPS) is 28.4. The lowest BCUT2D eigenvalue weighted by atomic mass is 9.52. The summed E-state index contributed by atoms with van der Waals surface area (Å²) >= 11 is 0. The molecule has 1 N–H and O–H groups in total. The molecule has 0 spiro atoms. The Morgan fingerprint density at radius 2 is 2.07 bits per heavy atom. The van der Waals surface area contributed by atoms with Crippen LogP contribution in [0.5, 0.6) is 0 Å². The van der Waals surface area contributed by atoms with Crippen molar-refractivity contribution in [2.24, 2.45) is 17.3 Å². The van der Waals surface area contributed by atoms with E-state index < -0.39 is 5.41 Å². The summed E-state index contributed by atoms with van der Waals surface area (Å²) in [5.41, 5.74) is 0.0166. The van der Waals surface area contributed by atoms with Crippen molar-refractivity contribution < 1.29 is 14.7 Å². The molecule has 15 heavy (non-hydrogen) atoms. The van der Waals surface area contributed by atoms with Gasteiger partial charge >= 0.3 is 0 Å². The predicted octanol–water partition coefficient (Wildman–Crippen LogP) is 1.36. The SMILES string of the molecule is C=C(C(=O)CCO)C1C(C)C(=O)C1(C)C. The third-order valence-electron chi connectivity index (χ3n) is 3.40. The maximum atomic E-state index is 11.6. The number of hydrogen-bond donors (Lipinski definition) is 1. The largest absolute Gasteiger partial charge is 0.396 e. The zero-order valence-corrected chi connectivity index (χ0v) is 9.54. The molecule has 0 heterocycles. The average Bonchev–Trinajstić information content (AvgIpc) is 2.17. The first kappa shape index (κ1) is 12.1. The summed E-state index contributed by atoms with van der Waals surface area (Å²) in [7, 11) is 0. The predicted molar refractivity (Wildman–Crippen MR) is 57.3 cm³/mol. The van der Waals surface area contributed by atoms with Crippen molar-refractivity contribution in [2.75, 3.05) is 6.61 Å². The van der Waals surface area contributed by atoms with Gasteiger partial charge in [0.1, 0.15) is 5.78 Å². The molecule has 2 unspecified atom stereocenters. The van der Waals surface area contributed by atoms with Gasteiger partial charge in [0.25, 0.3) is 0 Å². The molecule has 0 aliphatic heterocycles. The summed E-state index contributed by atoms with van der Waals surface area (Å²) in [6, 6.07) is 0. The minimum Gasteiger partial charge on any atom is -0.396 e. The lowest BCUT2D eigenvalue weighted by molar-refractivity contribution is -0.149. The van der Waals surface area contributed by atoms with Crippen LogP contribution in [0, 0.1) is 17.3 Å². The van der Waals surface area contributed by atoms with E-state index in [1.165, 1.54) is 0 Å². The summed E-state index contributed by atoms with van der Waals surface area (Å²) in [4.78, 5) is 23.1. The third-order valence-corrected chi connectivity index (χ3v) is 3.40. The summed E-state index contributed by atoms with van der Waals surface area (Å²) < 4.78 is 0. The number of aliphatic hydroxyl groups excluding tert-OH is 1. The lowest BCUT2D eigenvalue weighted by Crippen LogP contribution is -2.54. The Bertz CT molecular complexity index is 315.